The van der Waals surface area contributed by atoms with Crippen molar-refractivity contribution in [1.82, 2.24) is 0 Å². The molecule has 80 heavy (non-hydrogen) atoms. The SMILES string of the molecule is CC/C=C\C/C=C\C/C=C\C/C=C\CCCCCCCCCCCCCCC(=O)OC(COC(=O)CCCCCCCCCC)COC(=O)CCCCCCCCCCCCCCCC/C=C\C/C=C\C/C=C\CCCCCCC. The van der Waals surface area contributed by atoms with Crippen molar-refractivity contribution in [3.05, 3.63) is 85.1 Å². The molecule has 0 aliphatic carbocycles. The summed E-state index contributed by atoms with van der Waals surface area (Å²) in [5.41, 5.74) is 0. The lowest BCUT2D eigenvalue weighted by Crippen LogP contribution is -2.30. The van der Waals surface area contributed by atoms with Gasteiger partial charge < -0.3 is 14.2 Å². The second-order valence-corrected chi connectivity index (χ2v) is 23.1. The van der Waals surface area contributed by atoms with Gasteiger partial charge in [0, 0.05) is 19.3 Å². The first-order valence-electron chi connectivity index (χ1n) is 34.6. The Hall–Kier alpha value is -3.41. The van der Waals surface area contributed by atoms with Gasteiger partial charge in [-0.15, -0.1) is 0 Å². The zero-order valence-electron chi connectivity index (χ0n) is 53.1. The molecule has 0 aliphatic rings. The molecule has 0 amide bonds. The highest BCUT2D eigenvalue weighted by Gasteiger charge is 2.19. The van der Waals surface area contributed by atoms with Crippen LogP contribution in [-0.2, 0) is 28.6 Å². The minimum Gasteiger partial charge on any atom is -0.462 e. The van der Waals surface area contributed by atoms with Crippen LogP contribution in [0.25, 0.3) is 0 Å². The van der Waals surface area contributed by atoms with Gasteiger partial charge in [-0.2, -0.15) is 0 Å². The molecule has 0 bridgehead atoms. The third-order valence-corrected chi connectivity index (χ3v) is 15.1. The lowest BCUT2D eigenvalue weighted by Gasteiger charge is -2.18. The van der Waals surface area contributed by atoms with E-state index in [1.165, 1.54) is 212 Å². The van der Waals surface area contributed by atoms with E-state index < -0.39 is 6.10 Å². The van der Waals surface area contributed by atoms with Gasteiger partial charge >= 0.3 is 17.9 Å². The normalized spacial score (nSPS) is 12.6. The van der Waals surface area contributed by atoms with Gasteiger partial charge in [0.25, 0.3) is 0 Å². The average Bonchev–Trinajstić information content (AvgIpc) is 3.46. The predicted molar refractivity (Wildman–Crippen MR) is 348 cm³/mol. The molecule has 0 N–H and O–H groups in total. The summed E-state index contributed by atoms with van der Waals surface area (Å²) in [6, 6.07) is 0. The van der Waals surface area contributed by atoms with Gasteiger partial charge in [-0.3, -0.25) is 14.4 Å². The zero-order valence-corrected chi connectivity index (χ0v) is 53.1. The van der Waals surface area contributed by atoms with E-state index in [0.29, 0.717) is 19.3 Å². The first-order valence-corrected chi connectivity index (χ1v) is 34.6. The molecular formula is C74H130O6. The van der Waals surface area contributed by atoms with Gasteiger partial charge in [-0.05, 0) is 96.3 Å². The monoisotopic (exact) mass is 1110 g/mol. The van der Waals surface area contributed by atoms with Crippen LogP contribution in [0.1, 0.15) is 348 Å². The Morgan fingerprint density at radius 3 is 0.762 bits per heavy atom. The first-order chi connectivity index (χ1) is 39.5. The molecule has 0 rings (SSSR count). The second-order valence-electron chi connectivity index (χ2n) is 23.1. The van der Waals surface area contributed by atoms with Crippen LogP contribution in [-0.4, -0.2) is 37.2 Å². The number of carbonyl (C=O) groups excluding carboxylic acids is 3. The zero-order chi connectivity index (χ0) is 57.8. The number of allylic oxidation sites excluding steroid dienone is 14. The summed E-state index contributed by atoms with van der Waals surface area (Å²) in [6.07, 6.45) is 90.5. The maximum atomic E-state index is 12.9. The predicted octanol–water partition coefficient (Wildman–Crippen LogP) is 23.8. The second kappa shape index (κ2) is 68.1. The van der Waals surface area contributed by atoms with E-state index in [0.717, 1.165) is 96.3 Å². The minimum atomic E-state index is -0.776. The molecular weight excluding hydrogens is 985 g/mol. The van der Waals surface area contributed by atoms with E-state index >= 15 is 0 Å². The van der Waals surface area contributed by atoms with Gasteiger partial charge in [0.15, 0.2) is 6.10 Å². The van der Waals surface area contributed by atoms with Crippen molar-refractivity contribution in [2.75, 3.05) is 13.2 Å². The molecule has 0 aromatic rings. The number of ether oxygens (including phenoxy) is 3. The number of carbonyl (C=O) groups is 3. The topological polar surface area (TPSA) is 78.9 Å². The minimum absolute atomic E-state index is 0.0737. The summed E-state index contributed by atoms with van der Waals surface area (Å²) < 4.78 is 16.9. The standard InChI is InChI=1S/C74H130O6/c1-4-7-10-13-16-19-21-23-25-27-29-31-33-35-36-37-38-40-41-43-45-47-49-51-53-55-58-61-64-67-73(76)79-70-71(69-78-72(75)66-63-60-57-18-15-12-9-6-3)80-74(77)68-65-62-59-56-54-52-50-48-46-44-42-39-34-32-30-28-26-24-22-20-17-14-11-8-5-2/h8,11,17,20-21,23-24,26-27,29-30,32-33,35,71H,4-7,9-10,12-16,18-19,22,25,28,31,34,36-70H2,1-3H3/b11-8-,20-17-,23-21-,26-24-,29-27-,32-30-,35-33-. The Bertz CT molecular complexity index is 1520. The van der Waals surface area contributed by atoms with Crippen LogP contribution in [0.15, 0.2) is 85.1 Å². The van der Waals surface area contributed by atoms with Crippen LogP contribution in [0.4, 0.5) is 0 Å². The summed E-state index contributed by atoms with van der Waals surface area (Å²) in [5, 5.41) is 0. The Labute approximate surface area is 496 Å². The molecule has 1 atom stereocenters. The Kier molecular flexibility index (Phi) is 65.2. The van der Waals surface area contributed by atoms with Gasteiger partial charge in [0.1, 0.15) is 13.2 Å². The molecule has 6 heteroatoms. The van der Waals surface area contributed by atoms with Gasteiger partial charge in [-0.25, -0.2) is 0 Å². The lowest BCUT2D eigenvalue weighted by atomic mass is 10.0. The molecule has 0 aliphatic heterocycles. The molecule has 0 aromatic carbocycles. The molecule has 0 saturated carbocycles. The molecule has 0 radical (unpaired) electrons. The third kappa shape index (κ3) is 65.4. The Morgan fingerprint density at radius 2 is 0.487 bits per heavy atom. The van der Waals surface area contributed by atoms with Gasteiger partial charge in [0.05, 0.1) is 0 Å². The van der Waals surface area contributed by atoms with Crippen molar-refractivity contribution < 1.29 is 28.6 Å². The number of hydrogen-bond donors (Lipinski definition) is 0. The van der Waals surface area contributed by atoms with E-state index in [2.05, 4.69) is 106 Å². The number of unbranched alkanes of at least 4 members (excludes halogenated alkanes) is 38. The quantitative estimate of drug-likeness (QED) is 0.0261. The molecule has 1 unspecified atom stereocenters. The van der Waals surface area contributed by atoms with Crippen molar-refractivity contribution in [2.24, 2.45) is 0 Å². The van der Waals surface area contributed by atoms with E-state index in [1.807, 2.05) is 0 Å². The summed E-state index contributed by atoms with van der Waals surface area (Å²) in [5.74, 6) is -0.865. The average molecular weight is 1120 g/mol. The summed E-state index contributed by atoms with van der Waals surface area (Å²) >= 11 is 0. The van der Waals surface area contributed by atoms with Crippen LogP contribution in [0, 0.1) is 0 Å². The van der Waals surface area contributed by atoms with Crippen LogP contribution < -0.4 is 0 Å². The van der Waals surface area contributed by atoms with Gasteiger partial charge in [0.2, 0.25) is 0 Å². The summed E-state index contributed by atoms with van der Waals surface area (Å²) in [7, 11) is 0. The molecule has 0 spiro atoms. The highest BCUT2D eigenvalue weighted by molar-refractivity contribution is 5.71. The molecule has 0 heterocycles. The number of rotatable bonds is 63. The summed E-state index contributed by atoms with van der Waals surface area (Å²) in [6.45, 7) is 6.52. The van der Waals surface area contributed by atoms with E-state index in [9.17, 15) is 14.4 Å². The van der Waals surface area contributed by atoms with Crippen LogP contribution >= 0.6 is 0 Å². The molecule has 6 nitrogen and oxygen atoms in total. The third-order valence-electron chi connectivity index (χ3n) is 15.1. The number of hydrogen-bond acceptors (Lipinski definition) is 6. The fraction of sp³-hybridized carbons (Fsp3) is 0.770. The van der Waals surface area contributed by atoms with Crippen molar-refractivity contribution >= 4 is 17.9 Å². The van der Waals surface area contributed by atoms with Crippen molar-refractivity contribution in [2.45, 2.75) is 354 Å². The largest absolute Gasteiger partial charge is 0.462 e. The summed E-state index contributed by atoms with van der Waals surface area (Å²) in [4.78, 5) is 38.2. The van der Waals surface area contributed by atoms with Crippen LogP contribution in [0.2, 0.25) is 0 Å². The van der Waals surface area contributed by atoms with Crippen molar-refractivity contribution in [3.63, 3.8) is 0 Å². The smallest absolute Gasteiger partial charge is 0.306 e. The molecule has 0 fully saturated rings. The Morgan fingerprint density at radius 1 is 0.263 bits per heavy atom. The highest BCUT2D eigenvalue weighted by atomic mass is 16.6. The van der Waals surface area contributed by atoms with E-state index in [1.54, 1.807) is 0 Å². The molecule has 462 valence electrons. The highest BCUT2D eigenvalue weighted by Crippen LogP contribution is 2.17. The maximum Gasteiger partial charge on any atom is 0.306 e. The fourth-order valence-electron chi connectivity index (χ4n) is 9.97. The van der Waals surface area contributed by atoms with E-state index in [4.69, 9.17) is 14.2 Å². The van der Waals surface area contributed by atoms with Crippen LogP contribution in [0.3, 0.4) is 0 Å². The number of esters is 3. The lowest BCUT2D eigenvalue weighted by molar-refractivity contribution is -0.167. The molecule has 0 aromatic heterocycles. The first kappa shape index (κ1) is 76.6. The fourth-order valence-corrected chi connectivity index (χ4v) is 9.97. The molecule has 0 saturated heterocycles. The van der Waals surface area contributed by atoms with E-state index in [-0.39, 0.29) is 31.1 Å². The van der Waals surface area contributed by atoms with Crippen LogP contribution in [0.5, 0.6) is 0 Å². The maximum absolute atomic E-state index is 12.9. The van der Waals surface area contributed by atoms with Crippen molar-refractivity contribution in [1.29, 1.82) is 0 Å². The Balaban J connectivity index is 4.11. The van der Waals surface area contributed by atoms with Crippen molar-refractivity contribution in [3.8, 4) is 0 Å². The van der Waals surface area contributed by atoms with Gasteiger partial charge in [-0.1, -0.05) is 318 Å².